The summed E-state index contributed by atoms with van der Waals surface area (Å²) in [5.41, 5.74) is 0. The minimum atomic E-state index is 0.763. The van der Waals surface area contributed by atoms with Crippen LogP contribution in [0, 0.1) is 11.8 Å². The fourth-order valence-corrected chi connectivity index (χ4v) is 4.57. The number of rotatable bonds is 2. The zero-order valence-corrected chi connectivity index (χ0v) is 12.0. The molecule has 104 valence electrons. The fourth-order valence-electron chi connectivity index (χ4n) is 4.57. The second-order valence-corrected chi connectivity index (χ2v) is 6.93. The van der Waals surface area contributed by atoms with Gasteiger partial charge in [0.05, 0.1) is 0 Å². The van der Waals surface area contributed by atoms with Crippen molar-refractivity contribution in [1.82, 2.24) is 10.2 Å². The Hall–Kier alpha value is -0.0800. The summed E-state index contributed by atoms with van der Waals surface area (Å²) in [5.74, 6) is 1.91. The molecule has 2 nitrogen and oxygen atoms in total. The maximum atomic E-state index is 3.77. The summed E-state index contributed by atoms with van der Waals surface area (Å²) in [6.07, 6.45) is 11.7. The van der Waals surface area contributed by atoms with Crippen molar-refractivity contribution in [2.24, 2.45) is 11.8 Å². The molecule has 0 spiro atoms. The van der Waals surface area contributed by atoms with Gasteiger partial charge in [-0.2, -0.15) is 0 Å². The number of piperidine rings is 2. The first-order valence-corrected chi connectivity index (χ1v) is 8.32. The van der Waals surface area contributed by atoms with Crippen molar-refractivity contribution in [3.63, 3.8) is 0 Å². The van der Waals surface area contributed by atoms with Crippen LogP contribution in [0.15, 0.2) is 0 Å². The molecule has 2 aliphatic heterocycles. The molecule has 1 N–H and O–H groups in total. The summed E-state index contributed by atoms with van der Waals surface area (Å²) in [7, 11) is 0. The lowest BCUT2D eigenvalue weighted by molar-refractivity contribution is 0.0441. The lowest BCUT2D eigenvalue weighted by atomic mass is 9.78. The standard InChI is InChI=1S/C16H30N2/c1-13-6-4-10-17-15(13)12-18-11-5-8-14-7-2-3-9-16(14)18/h13-17H,2-12H2,1H3/t13?,14-,15?,16-/m1/s1. The van der Waals surface area contributed by atoms with Crippen molar-refractivity contribution in [3.05, 3.63) is 0 Å². The van der Waals surface area contributed by atoms with Crippen LogP contribution in [0.2, 0.25) is 0 Å². The second kappa shape index (κ2) is 5.92. The van der Waals surface area contributed by atoms with Gasteiger partial charge in [-0.25, -0.2) is 0 Å². The molecular formula is C16H30N2. The second-order valence-electron chi connectivity index (χ2n) is 6.93. The van der Waals surface area contributed by atoms with Crippen LogP contribution >= 0.6 is 0 Å². The van der Waals surface area contributed by atoms with Gasteiger partial charge in [0.15, 0.2) is 0 Å². The molecule has 0 amide bonds. The Morgan fingerprint density at radius 1 is 1.00 bits per heavy atom. The Labute approximate surface area is 113 Å². The van der Waals surface area contributed by atoms with Gasteiger partial charge in [0.2, 0.25) is 0 Å². The van der Waals surface area contributed by atoms with Gasteiger partial charge in [-0.3, -0.25) is 4.90 Å². The zero-order valence-electron chi connectivity index (χ0n) is 12.0. The lowest BCUT2D eigenvalue weighted by Gasteiger charge is -2.46. The average Bonchev–Trinajstić information content (AvgIpc) is 2.42. The molecule has 3 rings (SSSR count). The number of hydrogen-bond donors (Lipinski definition) is 1. The molecule has 2 saturated heterocycles. The summed E-state index contributed by atoms with van der Waals surface area (Å²) in [5, 5.41) is 3.77. The van der Waals surface area contributed by atoms with E-state index in [-0.39, 0.29) is 0 Å². The van der Waals surface area contributed by atoms with Gasteiger partial charge >= 0.3 is 0 Å². The van der Waals surface area contributed by atoms with Gasteiger partial charge in [-0.05, 0) is 63.5 Å². The van der Waals surface area contributed by atoms with Crippen LogP contribution in [0.5, 0.6) is 0 Å². The van der Waals surface area contributed by atoms with Crippen molar-refractivity contribution >= 4 is 0 Å². The summed E-state index contributed by atoms with van der Waals surface area (Å²) in [6.45, 7) is 6.38. The summed E-state index contributed by atoms with van der Waals surface area (Å²) in [6, 6.07) is 1.70. The smallest absolute Gasteiger partial charge is 0.0220 e. The third-order valence-corrected chi connectivity index (χ3v) is 5.72. The summed E-state index contributed by atoms with van der Waals surface area (Å²) in [4.78, 5) is 2.85. The molecule has 0 bridgehead atoms. The molecular weight excluding hydrogens is 220 g/mol. The predicted molar refractivity (Wildman–Crippen MR) is 76.7 cm³/mol. The molecule has 0 aromatic carbocycles. The van der Waals surface area contributed by atoms with E-state index < -0.39 is 0 Å². The monoisotopic (exact) mass is 250 g/mol. The molecule has 1 aliphatic carbocycles. The largest absolute Gasteiger partial charge is 0.312 e. The van der Waals surface area contributed by atoms with Crippen LogP contribution < -0.4 is 5.32 Å². The predicted octanol–water partition coefficient (Wildman–Crippen LogP) is 3.03. The molecule has 0 radical (unpaired) electrons. The molecule has 0 aromatic heterocycles. The Morgan fingerprint density at radius 3 is 2.72 bits per heavy atom. The van der Waals surface area contributed by atoms with Gasteiger partial charge in [0.1, 0.15) is 0 Å². The van der Waals surface area contributed by atoms with Crippen molar-refractivity contribution in [2.75, 3.05) is 19.6 Å². The molecule has 2 unspecified atom stereocenters. The van der Waals surface area contributed by atoms with E-state index in [0.717, 1.165) is 23.9 Å². The van der Waals surface area contributed by atoms with E-state index in [1.165, 1.54) is 71.0 Å². The molecule has 2 heterocycles. The number of fused-ring (bicyclic) bond motifs is 1. The van der Waals surface area contributed by atoms with Crippen LogP contribution in [0.3, 0.4) is 0 Å². The quantitative estimate of drug-likeness (QED) is 0.810. The highest BCUT2D eigenvalue weighted by Crippen LogP contribution is 2.35. The molecule has 0 aromatic rings. The van der Waals surface area contributed by atoms with E-state index in [1.54, 1.807) is 0 Å². The van der Waals surface area contributed by atoms with E-state index in [1.807, 2.05) is 0 Å². The third-order valence-electron chi connectivity index (χ3n) is 5.72. The first-order chi connectivity index (χ1) is 8.84. The minimum absolute atomic E-state index is 0.763. The van der Waals surface area contributed by atoms with E-state index >= 15 is 0 Å². The van der Waals surface area contributed by atoms with Gasteiger partial charge in [-0.1, -0.05) is 19.8 Å². The van der Waals surface area contributed by atoms with Crippen molar-refractivity contribution < 1.29 is 0 Å². The van der Waals surface area contributed by atoms with E-state index in [2.05, 4.69) is 17.1 Å². The van der Waals surface area contributed by atoms with Crippen LogP contribution in [-0.4, -0.2) is 36.6 Å². The fraction of sp³-hybridized carbons (Fsp3) is 1.00. The number of nitrogens with one attached hydrogen (secondary N) is 1. The van der Waals surface area contributed by atoms with Gasteiger partial charge in [0.25, 0.3) is 0 Å². The highest BCUT2D eigenvalue weighted by Gasteiger charge is 2.35. The average molecular weight is 250 g/mol. The van der Waals surface area contributed by atoms with Crippen molar-refractivity contribution in [3.8, 4) is 0 Å². The first-order valence-electron chi connectivity index (χ1n) is 8.32. The van der Waals surface area contributed by atoms with Crippen LogP contribution in [0.25, 0.3) is 0 Å². The maximum absolute atomic E-state index is 3.77. The van der Waals surface area contributed by atoms with Gasteiger partial charge < -0.3 is 5.32 Å². The number of hydrogen-bond acceptors (Lipinski definition) is 2. The number of nitrogens with zero attached hydrogens (tertiary/aromatic N) is 1. The first kappa shape index (κ1) is 12.9. The highest BCUT2D eigenvalue weighted by atomic mass is 15.2. The molecule has 2 heteroatoms. The van der Waals surface area contributed by atoms with Crippen LogP contribution in [0.4, 0.5) is 0 Å². The normalized spacial score (nSPS) is 42.5. The SMILES string of the molecule is CC1CCCNC1CN1CCC[C@H]2CCCC[C@H]21. The molecule has 4 atom stereocenters. The van der Waals surface area contributed by atoms with Crippen molar-refractivity contribution in [2.45, 2.75) is 70.4 Å². The Bertz CT molecular complexity index is 264. The summed E-state index contributed by atoms with van der Waals surface area (Å²) >= 11 is 0. The molecule has 3 fully saturated rings. The minimum Gasteiger partial charge on any atom is -0.312 e. The van der Waals surface area contributed by atoms with Gasteiger partial charge in [-0.15, -0.1) is 0 Å². The van der Waals surface area contributed by atoms with E-state index in [4.69, 9.17) is 0 Å². The van der Waals surface area contributed by atoms with Gasteiger partial charge in [0, 0.05) is 18.6 Å². The zero-order chi connectivity index (χ0) is 12.4. The topological polar surface area (TPSA) is 15.3 Å². The summed E-state index contributed by atoms with van der Waals surface area (Å²) < 4.78 is 0. The van der Waals surface area contributed by atoms with Crippen LogP contribution in [0.1, 0.15) is 58.3 Å². The molecule has 18 heavy (non-hydrogen) atoms. The number of likely N-dealkylation sites (tertiary alicyclic amines) is 1. The Morgan fingerprint density at radius 2 is 1.83 bits per heavy atom. The lowest BCUT2D eigenvalue weighted by Crippen LogP contribution is -2.54. The Kier molecular flexibility index (Phi) is 4.25. The van der Waals surface area contributed by atoms with E-state index in [9.17, 15) is 0 Å². The molecule has 3 aliphatic rings. The molecule has 1 saturated carbocycles. The highest BCUT2D eigenvalue weighted by molar-refractivity contribution is 4.90. The van der Waals surface area contributed by atoms with Crippen LogP contribution in [-0.2, 0) is 0 Å². The maximum Gasteiger partial charge on any atom is 0.0220 e. The Balaban J connectivity index is 1.60. The van der Waals surface area contributed by atoms with Crippen molar-refractivity contribution in [1.29, 1.82) is 0 Å². The third kappa shape index (κ3) is 2.75. The van der Waals surface area contributed by atoms with E-state index in [0.29, 0.717) is 0 Å².